The van der Waals surface area contributed by atoms with Gasteiger partial charge in [-0.15, -0.1) is 0 Å². The lowest BCUT2D eigenvalue weighted by molar-refractivity contribution is 1.31. The standard InChI is InChI=1S/C20H10N8/c21-7-15(19(27)17(9-23)10-24)5-13-2-1-3-14(4-13)6-16(8-22)20(28)18(11-25)12-26/h1-6H,27-28H2. The number of nitriles is 6. The summed E-state index contributed by atoms with van der Waals surface area (Å²) in [6.07, 6.45) is 2.76. The highest BCUT2D eigenvalue weighted by molar-refractivity contribution is 5.70. The minimum absolute atomic E-state index is 0.0737. The van der Waals surface area contributed by atoms with Crippen LogP contribution in [0.5, 0.6) is 0 Å². The molecule has 1 aromatic carbocycles. The predicted molar refractivity (Wildman–Crippen MR) is 98.5 cm³/mol. The Hall–Kier alpha value is -5.28. The molecule has 0 aliphatic carbocycles. The molecular weight excluding hydrogens is 352 g/mol. The van der Waals surface area contributed by atoms with Gasteiger partial charge in [0.15, 0.2) is 11.1 Å². The van der Waals surface area contributed by atoms with Crippen LogP contribution in [0.25, 0.3) is 12.2 Å². The number of hydrogen-bond donors (Lipinski definition) is 2. The van der Waals surface area contributed by atoms with Crippen LogP contribution >= 0.6 is 0 Å². The van der Waals surface area contributed by atoms with Gasteiger partial charge >= 0.3 is 0 Å². The highest BCUT2D eigenvalue weighted by Gasteiger charge is 2.09. The molecule has 0 spiro atoms. The highest BCUT2D eigenvalue weighted by atomic mass is 14.6. The maximum absolute atomic E-state index is 9.25. The van der Waals surface area contributed by atoms with Gasteiger partial charge in [0.2, 0.25) is 0 Å². The molecule has 0 fully saturated rings. The van der Waals surface area contributed by atoms with Crippen LogP contribution in [0.4, 0.5) is 0 Å². The van der Waals surface area contributed by atoms with E-state index >= 15 is 0 Å². The second-order valence-corrected chi connectivity index (χ2v) is 5.03. The Morgan fingerprint density at radius 3 is 1.29 bits per heavy atom. The van der Waals surface area contributed by atoms with Crippen molar-refractivity contribution in [2.24, 2.45) is 11.5 Å². The van der Waals surface area contributed by atoms with Crippen LogP contribution in [0.15, 0.2) is 58.0 Å². The first-order valence-electron chi connectivity index (χ1n) is 7.40. The number of allylic oxidation sites excluding steroid dienone is 4. The lowest BCUT2D eigenvalue weighted by atomic mass is 10.0. The van der Waals surface area contributed by atoms with Gasteiger partial charge in [0, 0.05) is 0 Å². The van der Waals surface area contributed by atoms with Gasteiger partial charge in [-0.05, 0) is 29.3 Å². The number of rotatable bonds is 4. The fourth-order valence-electron chi connectivity index (χ4n) is 1.97. The van der Waals surface area contributed by atoms with Crippen LogP contribution in [0.2, 0.25) is 0 Å². The van der Waals surface area contributed by atoms with E-state index in [-0.39, 0.29) is 33.7 Å². The lowest BCUT2D eigenvalue weighted by Gasteiger charge is -2.03. The van der Waals surface area contributed by atoms with Crippen molar-refractivity contribution in [1.82, 2.24) is 0 Å². The van der Waals surface area contributed by atoms with Gasteiger partial charge in [0.05, 0.1) is 22.5 Å². The van der Waals surface area contributed by atoms with E-state index < -0.39 is 0 Å². The van der Waals surface area contributed by atoms with Gasteiger partial charge < -0.3 is 11.5 Å². The summed E-state index contributed by atoms with van der Waals surface area (Å²) in [6.45, 7) is 0. The second kappa shape index (κ2) is 9.88. The predicted octanol–water partition coefficient (Wildman–Crippen LogP) is 2.02. The average molecular weight is 362 g/mol. The van der Waals surface area contributed by atoms with Crippen LogP contribution in [-0.2, 0) is 0 Å². The number of benzene rings is 1. The van der Waals surface area contributed by atoms with Crippen molar-refractivity contribution in [3.63, 3.8) is 0 Å². The second-order valence-electron chi connectivity index (χ2n) is 5.03. The zero-order chi connectivity index (χ0) is 21.1. The first-order valence-corrected chi connectivity index (χ1v) is 7.40. The van der Waals surface area contributed by atoms with E-state index in [4.69, 9.17) is 32.5 Å². The van der Waals surface area contributed by atoms with Crippen molar-refractivity contribution >= 4 is 12.2 Å². The quantitative estimate of drug-likeness (QED) is 0.599. The van der Waals surface area contributed by atoms with E-state index in [9.17, 15) is 10.5 Å². The zero-order valence-corrected chi connectivity index (χ0v) is 14.3. The summed E-state index contributed by atoms with van der Waals surface area (Å²) in [4.78, 5) is 0. The molecule has 1 aromatic rings. The molecule has 0 aliphatic rings. The summed E-state index contributed by atoms with van der Waals surface area (Å²) in [5.41, 5.74) is 11.0. The van der Waals surface area contributed by atoms with E-state index in [0.29, 0.717) is 11.1 Å². The van der Waals surface area contributed by atoms with Gasteiger partial charge in [-0.2, -0.15) is 31.6 Å². The summed E-state index contributed by atoms with van der Waals surface area (Å²) in [5, 5.41) is 54.0. The SMILES string of the molecule is N#CC(=Cc1cccc(C=C(C#N)C(N)=C(C#N)C#N)c1)C(N)=C(C#N)C#N. The molecule has 0 saturated heterocycles. The van der Waals surface area contributed by atoms with E-state index in [1.165, 1.54) is 12.2 Å². The number of nitrogens with two attached hydrogens (primary N) is 2. The third-order valence-corrected chi connectivity index (χ3v) is 3.34. The molecule has 0 aromatic heterocycles. The Balaban J connectivity index is 3.50. The maximum Gasteiger partial charge on any atom is 0.153 e. The van der Waals surface area contributed by atoms with Gasteiger partial charge in [0.1, 0.15) is 36.4 Å². The van der Waals surface area contributed by atoms with E-state index in [0.717, 1.165) is 0 Å². The van der Waals surface area contributed by atoms with Crippen molar-refractivity contribution < 1.29 is 0 Å². The third kappa shape index (κ3) is 4.86. The smallest absolute Gasteiger partial charge is 0.153 e. The lowest BCUT2D eigenvalue weighted by Crippen LogP contribution is -2.04. The third-order valence-electron chi connectivity index (χ3n) is 3.34. The summed E-state index contributed by atoms with van der Waals surface area (Å²) in [5.74, 6) is 0. The summed E-state index contributed by atoms with van der Waals surface area (Å²) < 4.78 is 0. The molecule has 8 heteroatoms. The molecule has 0 bridgehead atoms. The first-order chi connectivity index (χ1) is 13.4. The topological polar surface area (TPSA) is 195 Å². The molecule has 0 heterocycles. The molecule has 0 aliphatic heterocycles. The van der Waals surface area contributed by atoms with Gasteiger partial charge in [-0.25, -0.2) is 0 Å². The molecule has 8 nitrogen and oxygen atoms in total. The molecule has 130 valence electrons. The largest absolute Gasteiger partial charge is 0.396 e. The normalized spacial score (nSPS) is 9.93. The minimum Gasteiger partial charge on any atom is -0.396 e. The van der Waals surface area contributed by atoms with E-state index in [2.05, 4.69) is 0 Å². The summed E-state index contributed by atoms with van der Waals surface area (Å²) in [6, 6.07) is 16.6. The van der Waals surface area contributed by atoms with E-state index in [1.54, 1.807) is 48.5 Å². The molecule has 0 amide bonds. The van der Waals surface area contributed by atoms with Gasteiger partial charge in [-0.1, -0.05) is 18.2 Å². The van der Waals surface area contributed by atoms with Crippen LogP contribution in [0, 0.1) is 68.0 Å². The molecule has 0 atom stereocenters. The van der Waals surface area contributed by atoms with Gasteiger partial charge in [0.25, 0.3) is 0 Å². The Bertz CT molecular complexity index is 1060. The zero-order valence-electron chi connectivity index (χ0n) is 14.3. The molecule has 0 radical (unpaired) electrons. The Morgan fingerprint density at radius 1 is 0.643 bits per heavy atom. The van der Waals surface area contributed by atoms with Crippen molar-refractivity contribution in [2.75, 3.05) is 0 Å². The maximum atomic E-state index is 9.25. The highest BCUT2D eigenvalue weighted by Crippen LogP contribution is 2.18. The van der Waals surface area contributed by atoms with Crippen molar-refractivity contribution in [3.05, 3.63) is 69.1 Å². The number of nitrogens with zero attached hydrogens (tertiary/aromatic N) is 6. The van der Waals surface area contributed by atoms with Crippen LogP contribution in [0.1, 0.15) is 11.1 Å². The van der Waals surface area contributed by atoms with Crippen molar-refractivity contribution in [1.29, 1.82) is 31.6 Å². The Morgan fingerprint density at radius 2 is 1.00 bits per heavy atom. The van der Waals surface area contributed by atoms with Crippen LogP contribution in [0.3, 0.4) is 0 Å². The van der Waals surface area contributed by atoms with E-state index in [1.807, 2.05) is 12.1 Å². The molecule has 1 rings (SSSR count). The fraction of sp³-hybridized carbons (Fsp3) is 0. The fourth-order valence-corrected chi connectivity index (χ4v) is 1.97. The van der Waals surface area contributed by atoms with Crippen LogP contribution < -0.4 is 11.5 Å². The molecule has 4 N–H and O–H groups in total. The molecular formula is C20H10N8. The Labute approximate surface area is 161 Å². The van der Waals surface area contributed by atoms with Gasteiger partial charge in [-0.3, -0.25) is 0 Å². The van der Waals surface area contributed by atoms with Crippen molar-refractivity contribution in [3.8, 4) is 36.4 Å². The van der Waals surface area contributed by atoms with Crippen LogP contribution in [-0.4, -0.2) is 0 Å². The average Bonchev–Trinajstić information content (AvgIpc) is 2.72. The number of hydrogen-bond acceptors (Lipinski definition) is 8. The molecule has 0 unspecified atom stereocenters. The monoisotopic (exact) mass is 362 g/mol. The van der Waals surface area contributed by atoms with Crippen molar-refractivity contribution in [2.45, 2.75) is 0 Å². The first kappa shape index (κ1) is 20.8. The molecule has 0 saturated carbocycles. The summed E-state index contributed by atoms with van der Waals surface area (Å²) >= 11 is 0. The summed E-state index contributed by atoms with van der Waals surface area (Å²) in [7, 11) is 0. The minimum atomic E-state index is -0.380. The molecule has 28 heavy (non-hydrogen) atoms. The Kier molecular flexibility index (Phi) is 7.33.